The highest BCUT2D eigenvalue weighted by atomic mass is 79.9. The van der Waals surface area contributed by atoms with Crippen molar-refractivity contribution >= 4 is 33.3 Å². The molecule has 16 heavy (non-hydrogen) atoms. The van der Waals surface area contributed by atoms with E-state index >= 15 is 0 Å². The third kappa shape index (κ3) is 3.56. The number of unbranched alkanes of at least 4 members (excludes halogenated alkanes) is 2. The zero-order chi connectivity index (χ0) is 12.1. The molecule has 0 saturated carbocycles. The van der Waals surface area contributed by atoms with Gasteiger partial charge in [-0.3, -0.25) is 4.79 Å². The topological polar surface area (TPSA) is 17.1 Å². The summed E-state index contributed by atoms with van der Waals surface area (Å²) in [6, 6.07) is 2.62. The second kappa shape index (κ2) is 6.36. The standard InChI is InChI=1S/C12H13BrClFO/c1-2-3-4-5-12(16)8-6-10(14)9(13)7-11(8)15/h6-7H,2-5H2,1H3. The van der Waals surface area contributed by atoms with Crippen molar-refractivity contribution in [2.24, 2.45) is 0 Å². The number of hydrogen-bond acceptors (Lipinski definition) is 1. The molecule has 0 fully saturated rings. The van der Waals surface area contributed by atoms with E-state index in [0.717, 1.165) is 19.3 Å². The summed E-state index contributed by atoms with van der Waals surface area (Å²) in [7, 11) is 0. The van der Waals surface area contributed by atoms with E-state index in [1.165, 1.54) is 12.1 Å². The lowest BCUT2D eigenvalue weighted by Gasteiger charge is -2.04. The molecule has 4 heteroatoms. The van der Waals surface area contributed by atoms with Crippen molar-refractivity contribution in [2.75, 3.05) is 0 Å². The summed E-state index contributed by atoms with van der Waals surface area (Å²) >= 11 is 8.94. The highest BCUT2D eigenvalue weighted by Gasteiger charge is 2.13. The van der Waals surface area contributed by atoms with Gasteiger partial charge in [0.25, 0.3) is 0 Å². The lowest BCUT2D eigenvalue weighted by Crippen LogP contribution is -2.02. The molecule has 0 radical (unpaired) electrons. The van der Waals surface area contributed by atoms with Crippen molar-refractivity contribution in [3.63, 3.8) is 0 Å². The monoisotopic (exact) mass is 306 g/mol. The Bertz CT molecular complexity index is 393. The van der Waals surface area contributed by atoms with Crippen LogP contribution in [0.5, 0.6) is 0 Å². The van der Waals surface area contributed by atoms with Crippen molar-refractivity contribution in [3.8, 4) is 0 Å². The molecule has 0 unspecified atom stereocenters. The SMILES string of the molecule is CCCCCC(=O)c1cc(Cl)c(Br)cc1F. The molecule has 0 aliphatic carbocycles. The fourth-order valence-electron chi connectivity index (χ4n) is 1.41. The normalized spacial score (nSPS) is 10.5. The fourth-order valence-corrected chi connectivity index (χ4v) is 1.89. The van der Waals surface area contributed by atoms with Crippen LogP contribution in [0.15, 0.2) is 16.6 Å². The van der Waals surface area contributed by atoms with Crippen LogP contribution < -0.4 is 0 Å². The molecule has 1 aromatic carbocycles. The lowest BCUT2D eigenvalue weighted by molar-refractivity contribution is 0.0975. The van der Waals surface area contributed by atoms with E-state index in [1.54, 1.807) is 0 Å². The average molecular weight is 308 g/mol. The first-order chi connectivity index (χ1) is 7.56. The van der Waals surface area contributed by atoms with E-state index in [4.69, 9.17) is 11.6 Å². The van der Waals surface area contributed by atoms with Gasteiger partial charge < -0.3 is 0 Å². The number of carbonyl (C=O) groups excluding carboxylic acids is 1. The van der Waals surface area contributed by atoms with Crippen molar-refractivity contribution in [3.05, 3.63) is 33.0 Å². The molecule has 1 aromatic rings. The van der Waals surface area contributed by atoms with E-state index in [0.29, 0.717) is 15.9 Å². The highest BCUT2D eigenvalue weighted by molar-refractivity contribution is 9.10. The molecule has 0 N–H and O–H groups in total. The Hall–Kier alpha value is -0.410. The third-order valence-corrected chi connectivity index (χ3v) is 3.51. The molecule has 0 atom stereocenters. The Morgan fingerprint density at radius 3 is 2.75 bits per heavy atom. The van der Waals surface area contributed by atoms with Crippen molar-refractivity contribution in [1.29, 1.82) is 0 Å². The van der Waals surface area contributed by atoms with Crippen LogP contribution in [-0.4, -0.2) is 5.78 Å². The fraction of sp³-hybridized carbons (Fsp3) is 0.417. The summed E-state index contributed by atoms with van der Waals surface area (Å²) in [5, 5.41) is 0.361. The summed E-state index contributed by atoms with van der Waals surface area (Å²) in [4.78, 5) is 11.7. The first-order valence-electron chi connectivity index (χ1n) is 5.24. The molecule has 1 rings (SSSR count). The van der Waals surface area contributed by atoms with Crippen molar-refractivity contribution < 1.29 is 9.18 Å². The minimum atomic E-state index is -0.516. The number of hydrogen-bond donors (Lipinski definition) is 0. The van der Waals surface area contributed by atoms with Crippen LogP contribution in [0.2, 0.25) is 5.02 Å². The Morgan fingerprint density at radius 2 is 2.12 bits per heavy atom. The van der Waals surface area contributed by atoms with Gasteiger partial charge in [0, 0.05) is 10.9 Å². The maximum absolute atomic E-state index is 13.5. The van der Waals surface area contributed by atoms with E-state index in [-0.39, 0.29) is 11.3 Å². The van der Waals surface area contributed by atoms with Crippen molar-refractivity contribution in [1.82, 2.24) is 0 Å². The average Bonchev–Trinajstić information content (AvgIpc) is 2.23. The van der Waals surface area contributed by atoms with Gasteiger partial charge >= 0.3 is 0 Å². The molecule has 0 bridgehead atoms. The van der Waals surface area contributed by atoms with Crippen LogP contribution >= 0.6 is 27.5 Å². The Kier molecular flexibility index (Phi) is 5.42. The van der Waals surface area contributed by atoms with Gasteiger partial charge in [-0.1, -0.05) is 31.4 Å². The molecule has 0 amide bonds. The van der Waals surface area contributed by atoms with Gasteiger partial charge in [-0.2, -0.15) is 0 Å². The van der Waals surface area contributed by atoms with Gasteiger partial charge in [0.15, 0.2) is 5.78 Å². The van der Waals surface area contributed by atoms with Crippen LogP contribution in [0.1, 0.15) is 43.0 Å². The van der Waals surface area contributed by atoms with Gasteiger partial charge in [0.2, 0.25) is 0 Å². The molecular weight excluding hydrogens is 294 g/mol. The molecule has 0 aliphatic heterocycles. The zero-order valence-electron chi connectivity index (χ0n) is 9.03. The second-order valence-corrected chi connectivity index (χ2v) is 4.89. The van der Waals surface area contributed by atoms with Crippen LogP contribution in [0, 0.1) is 5.82 Å². The minimum absolute atomic E-state index is 0.0873. The first-order valence-corrected chi connectivity index (χ1v) is 6.41. The number of benzene rings is 1. The minimum Gasteiger partial charge on any atom is -0.294 e. The quantitative estimate of drug-likeness (QED) is 0.425. The summed E-state index contributed by atoms with van der Waals surface area (Å²) in [6.07, 6.45) is 3.19. The van der Waals surface area contributed by atoms with Crippen LogP contribution in [-0.2, 0) is 0 Å². The summed E-state index contributed by atoms with van der Waals surface area (Å²) < 4.78 is 13.9. The molecular formula is C12H13BrClFO. The number of ketones is 1. The molecule has 0 aromatic heterocycles. The summed E-state index contributed by atoms with van der Waals surface area (Å²) in [5.74, 6) is -0.696. The molecule has 0 heterocycles. The van der Waals surface area contributed by atoms with Crippen LogP contribution in [0.3, 0.4) is 0 Å². The predicted octanol–water partition coefficient (Wildman–Crippen LogP) is 5.00. The lowest BCUT2D eigenvalue weighted by atomic mass is 10.0. The first kappa shape index (κ1) is 13.7. The summed E-state index contributed by atoms with van der Waals surface area (Å²) in [5.41, 5.74) is 0.0873. The third-order valence-electron chi connectivity index (χ3n) is 2.32. The molecule has 88 valence electrons. The summed E-state index contributed by atoms with van der Waals surface area (Å²) in [6.45, 7) is 2.06. The molecule has 1 nitrogen and oxygen atoms in total. The van der Waals surface area contributed by atoms with Crippen LogP contribution in [0.4, 0.5) is 4.39 Å². The van der Waals surface area contributed by atoms with Crippen LogP contribution in [0.25, 0.3) is 0 Å². The maximum atomic E-state index is 13.5. The highest BCUT2D eigenvalue weighted by Crippen LogP contribution is 2.26. The Labute approximate surface area is 108 Å². The van der Waals surface area contributed by atoms with E-state index in [9.17, 15) is 9.18 Å². The second-order valence-electron chi connectivity index (χ2n) is 3.63. The van der Waals surface area contributed by atoms with Crippen molar-refractivity contribution in [2.45, 2.75) is 32.6 Å². The van der Waals surface area contributed by atoms with Gasteiger partial charge in [-0.25, -0.2) is 4.39 Å². The number of carbonyl (C=O) groups is 1. The van der Waals surface area contributed by atoms with Gasteiger partial charge in [-0.15, -0.1) is 0 Å². The zero-order valence-corrected chi connectivity index (χ0v) is 11.4. The molecule has 0 aliphatic rings. The van der Waals surface area contributed by atoms with Gasteiger partial charge in [0.1, 0.15) is 5.82 Å². The van der Waals surface area contributed by atoms with Gasteiger partial charge in [-0.05, 0) is 34.5 Å². The van der Waals surface area contributed by atoms with E-state index in [2.05, 4.69) is 22.9 Å². The largest absolute Gasteiger partial charge is 0.294 e. The Balaban J connectivity index is 2.79. The van der Waals surface area contributed by atoms with Gasteiger partial charge in [0.05, 0.1) is 10.6 Å². The molecule has 0 saturated heterocycles. The Morgan fingerprint density at radius 1 is 1.44 bits per heavy atom. The maximum Gasteiger partial charge on any atom is 0.165 e. The smallest absolute Gasteiger partial charge is 0.165 e. The van der Waals surface area contributed by atoms with E-state index < -0.39 is 5.82 Å². The molecule has 0 spiro atoms. The number of halogens is 3. The predicted molar refractivity (Wildman–Crippen MR) is 67.6 cm³/mol. The van der Waals surface area contributed by atoms with E-state index in [1.807, 2.05) is 0 Å². The number of rotatable bonds is 5. The number of Topliss-reactive ketones (excluding diaryl/α,β-unsaturated/α-hetero) is 1.